The molecule has 0 spiro atoms. The Balaban J connectivity index is 1.02. The van der Waals surface area contributed by atoms with Gasteiger partial charge in [0.25, 0.3) is 0 Å². The average molecular weight is 873 g/mol. The highest BCUT2D eigenvalue weighted by Gasteiger charge is 2.46. The van der Waals surface area contributed by atoms with E-state index in [0.717, 1.165) is 22.7 Å². The van der Waals surface area contributed by atoms with Crippen molar-refractivity contribution in [2.24, 2.45) is 0 Å². The second kappa shape index (κ2) is 14.3. The van der Waals surface area contributed by atoms with E-state index < -0.39 is 5.41 Å². The Morgan fingerprint density at radius 2 is 0.806 bits per heavy atom. The molecule has 2 aliphatic carbocycles. The third-order valence-electron chi connectivity index (χ3n) is 15.0. The molecule has 67 heavy (non-hydrogen) atoms. The summed E-state index contributed by atoms with van der Waals surface area (Å²) in [7, 11) is 0. The van der Waals surface area contributed by atoms with Gasteiger partial charge in [-0.2, -0.15) is 0 Å². The lowest BCUT2D eigenvalue weighted by Gasteiger charge is -2.35. The van der Waals surface area contributed by atoms with Crippen LogP contribution in [0.5, 0.6) is 0 Å². The fourth-order valence-corrected chi connectivity index (χ4v) is 13.4. The molecule has 0 atom stereocenters. The van der Waals surface area contributed by atoms with Crippen LogP contribution in [-0.4, -0.2) is 0 Å². The first kappa shape index (κ1) is 38.3. The Bertz CT molecular complexity index is 3740. The van der Waals surface area contributed by atoms with Crippen molar-refractivity contribution in [1.29, 1.82) is 0 Å². The van der Waals surface area contributed by atoms with E-state index in [1.54, 1.807) is 0 Å². The van der Waals surface area contributed by atoms with Gasteiger partial charge in [-0.05, 0) is 121 Å². The van der Waals surface area contributed by atoms with Crippen LogP contribution in [0.15, 0.2) is 231 Å². The molecule has 0 amide bonds. The molecular weight excluding hydrogens is 829 g/mol. The minimum atomic E-state index is -0.479. The van der Waals surface area contributed by atoms with Gasteiger partial charge < -0.3 is 9.80 Å². The van der Waals surface area contributed by atoms with Crippen LogP contribution in [0.2, 0.25) is 0 Å². The molecule has 0 radical (unpaired) electrons. The number of thiophene rings is 1. The van der Waals surface area contributed by atoms with Gasteiger partial charge in [-0.1, -0.05) is 190 Å². The van der Waals surface area contributed by atoms with Crippen molar-refractivity contribution in [2.45, 2.75) is 24.7 Å². The van der Waals surface area contributed by atoms with Gasteiger partial charge in [0.2, 0.25) is 0 Å². The predicted octanol–water partition coefficient (Wildman–Crippen LogP) is 17.6. The Morgan fingerprint density at radius 1 is 0.328 bits per heavy atom. The third-order valence-corrected chi connectivity index (χ3v) is 16.3. The zero-order valence-electron chi connectivity index (χ0n) is 37.2. The maximum Gasteiger partial charge on any atom is 0.0713 e. The van der Waals surface area contributed by atoms with Crippen molar-refractivity contribution in [1.82, 2.24) is 0 Å². The van der Waals surface area contributed by atoms with E-state index in [2.05, 4.69) is 254 Å². The van der Waals surface area contributed by atoms with E-state index in [-0.39, 0.29) is 5.41 Å². The number of anilines is 6. The molecule has 316 valence electrons. The molecule has 0 fully saturated rings. The molecule has 4 bridgehead atoms. The summed E-state index contributed by atoms with van der Waals surface area (Å²) in [4.78, 5) is 5.03. The van der Waals surface area contributed by atoms with Crippen LogP contribution in [0.3, 0.4) is 0 Å². The van der Waals surface area contributed by atoms with Gasteiger partial charge in [0, 0.05) is 38.9 Å². The molecule has 1 aliphatic heterocycles. The minimum absolute atomic E-state index is 0.140. The maximum absolute atomic E-state index is 2.53. The highest BCUT2D eigenvalue weighted by atomic mass is 32.1. The van der Waals surface area contributed by atoms with Crippen LogP contribution < -0.4 is 9.80 Å². The Morgan fingerprint density at radius 3 is 1.42 bits per heavy atom. The molecule has 2 nitrogen and oxygen atoms in total. The van der Waals surface area contributed by atoms with Crippen molar-refractivity contribution < 1.29 is 0 Å². The van der Waals surface area contributed by atoms with E-state index in [1.807, 2.05) is 11.3 Å². The monoisotopic (exact) mass is 872 g/mol. The van der Waals surface area contributed by atoms with E-state index in [0.29, 0.717) is 0 Å². The Kier molecular flexibility index (Phi) is 8.15. The zero-order chi connectivity index (χ0) is 44.4. The molecule has 0 saturated carbocycles. The molecule has 3 heteroatoms. The second-order valence-corrected chi connectivity index (χ2v) is 19.9. The summed E-state index contributed by atoms with van der Waals surface area (Å²) in [6, 6.07) is 86.5. The first-order valence-corrected chi connectivity index (χ1v) is 24.1. The molecule has 11 aromatic rings. The van der Waals surface area contributed by atoms with Crippen molar-refractivity contribution in [3.63, 3.8) is 0 Å². The number of hydrogen-bond acceptors (Lipinski definition) is 3. The standard InChI is InChI=1S/C64H44N2S/c1-63(2)55-26-12-9-21-49(55)52-36-35-46(40-58(52)63)66-48-38-42(41-17-5-3-6-18-41)37-47(39-48)65(59-29-15-24-53-54-25-16-30-60(66)62(54)67-61(53)59)45-33-31-44(32-34-45)64(43-19-7-4-8-20-43)56-27-13-10-22-50(56)51-23-11-14-28-57(51)64/h3-40H,1-2H3. The van der Waals surface area contributed by atoms with E-state index in [4.69, 9.17) is 0 Å². The van der Waals surface area contributed by atoms with E-state index >= 15 is 0 Å². The number of fused-ring (bicyclic) bond motifs is 9. The molecular formula is C64H44N2S. The summed E-state index contributed by atoms with van der Waals surface area (Å²) in [6.07, 6.45) is 0. The molecule has 3 aliphatic rings. The molecule has 2 heterocycles. The van der Waals surface area contributed by atoms with E-state index in [1.165, 1.54) is 98.3 Å². The topological polar surface area (TPSA) is 6.48 Å². The number of nitrogens with zero attached hydrogens (tertiary/aromatic N) is 2. The van der Waals surface area contributed by atoms with Gasteiger partial charge in [0.1, 0.15) is 0 Å². The summed E-state index contributed by atoms with van der Waals surface area (Å²) < 4.78 is 2.55. The second-order valence-electron chi connectivity index (χ2n) is 18.8. The van der Waals surface area contributed by atoms with Crippen LogP contribution >= 0.6 is 11.3 Å². The smallest absolute Gasteiger partial charge is 0.0713 e. The largest absolute Gasteiger partial charge is 0.309 e. The van der Waals surface area contributed by atoms with Crippen LogP contribution in [-0.2, 0) is 10.8 Å². The quantitative estimate of drug-likeness (QED) is 0.170. The van der Waals surface area contributed by atoms with Crippen LogP contribution in [0.1, 0.15) is 47.2 Å². The van der Waals surface area contributed by atoms with Crippen LogP contribution in [0.4, 0.5) is 34.1 Å². The predicted molar refractivity (Wildman–Crippen MR) is 283 cm³/mol. The molecule has 0 saturated heterocycles. The third kappa shape index (κ3) is 5.38. The van der Waals surface area contributed by atoms with Gasteiger partial charge >= 0.3 is 0 Å². The zero-order valence-corrected chi connectivity index (χ0v) is 38.1. The van der Waals surface area contributed by atoms with Gasteiger partial charge in [-0.3, -0.25) is 0 Å². The number of hydrogen-bond donors (Lipinski definition) is 0. The molecule has 10 aromatic carbocycles. The highest BCUT2D eigenvalue weighted by molar-refractivity contribution is 7.27. The highest BCUT2D eigenvalue weighted by Crippen LogP contribution is 2.58. The van der Waals surface area contributed by atoms with Crippen molar-refractivity contribution in [3.05, 3.63) is 264 Å². The summed E-state index contributed by atoms with van der Waals surface area (Å²) >= 11 is 1.91. The van der Waals surface area contributed by atoms with Crippen molar-refractivity contribution >= 4 is 65.6 Å². The van der Waals surface area contributed by atoms with Crippen LogP contribution in [0.25, 0.3) is 53.6 Å². The van der Waals surface area contributed by atoms with Gasteiger partial charge in [-0.15, -0.1) is 11.3 Å². The van der Waals surface area contributed by atoms with Crippen molar-refractivity contribution in [3.8, 4) is 33.4 Å². The summed E-state index contributed by atoms with van der Waals surface area (Å²) in [5.41, 5.74) is 21.7. The van der Waals surface area contributed by atoms with Crippen molar-refractivity contribution in [2.75, 3.05) is 9.80 Å². The van der Waals surface area contributed by atoms with Gasteiger partial charge in [0.15, 0.2) is 0 Å². The normalized spacial score (nSPS) is 14.6. The number of benzene rings is 10. The SMILES string of the molecule is CC1(C)c2ccccc2-c2ccc(N3c4cc(-c5ccccc5)cc(c4)N(c4ccc(C5(c6ccccc6)c6ccccc6-c6ccccc65)cc4)c4cccc5c4sc4c3cccc45)cc21. The van der Waals surface area contributed by atoms with E-state index in [9.17, 15) is 0 Å². The first-order valence-electron chi connectivity index (χ1n) is 23.3. The fraction of sp³-hybridized carbons (Fsp3) is 0.0625. The maximum atomic E-state index is 2.53. The minimum Gasteiger partial charge on any atom is -0.309 e. The average Bonchev–Trinajstić information content (AvgIpc) is 3.99. The summed E-state index contributed by atoms with van der Waals surface area (Å²) in [5, 5.41) is 2.54. The van der Waals surface area contributed by atoms with Gasteiger partial charge in [-0.25, -0.2) is 0 Å². The molecule has 1 aromatic heterocycles. The first-order chi connectivity index (χ1) is 33.0. The molecule has 14 rings (SSSR count). The fourth-order valence-electron chi connectivity index (χ4n) is 12.1. The summed E-state index contributed by atoms with van der Waals surface area (Å²) in [6.45, 7) is 4.75. The lowest BCUT2D eigenvalue weighted by atomic mass is 9.68. The van der Waals surface area contributed by atoms with Crippen LogP contribution in [0, 0.1) is 0 Å². The Hall–Kier alpha value is -7.98. The lowest BCUT2D eigenvalue weighted by molar-refractivity contribution is 0.660. The number of rotatable bonds is 5. The Labute approximate surface area is 395 Å². The van der Waals surface area contributed by atoms with Gasteiger partial charge in [0.05, 0.1) is 26.2 Å². The lowest BCUT2D eigenvalue weighted by Crippen LogP contribution is -2.28. The molecule has 0 unspecified atom stereocenters. The molecule has 0 N–H and O–H groups in total. The summed E-state index contributed by atoms with van der Waals surface area (Å²) in [5.74, 6) is 0.